The van der Waals surface area contributed by atoms with Crippen molar-refractivity contribution in [2.75, 3.05) is 6.61 Å². The van der Waals surface area contributed by atoms with Gasteiger partial charge >= 0.3 is 5.69 Å². The van der Waals surface area contributed by atoms with Crippen molar-refractivity contribution in [1.29, 1.82) is 0 Å². The van der Waals surface area contributed by atoms with Crippen molar-refractivity contribution < 1.29 is 20.1 Å². The lowest BCUT2D eigenvalue weighted by Gasteiger charge is -2.27. The van der Waals surface area contributed by atoms with Crippen LogP contribution in [0.3, 0.4) is 0 Å². The van der Waals surface area contributed by atoms with Crippen LogP contribution in [0.15, 0.2) is 20.9 Å². The molecule has 0 bridgehead atoms. The molecule has 0 radical (unpaired) electrons. The zero-order valence-corrected chi connectivity index (χ0v) is 11.6. The van der Waals surface area contributed by atoms with Gasteiger partial charge in [-0.25, -0.2) is 4.79 Å². The van der Waals surface area contributed by atoms with E-state index in [1.54, 1.807) is 0 Å². The molecule has 11 heteroatoms. The van der Waals surface area contributed by atoms with Crippen LogP contribution in [-0.2, 0) is 11.3 Å². The van der Waals surface area contributed by atoms with E-state index in [4.69, 9.17) is 15.4 Å². The number of aromatic amines is 1. The van der Waals surface area contributed by atoms with Gasteiger partial charge in [0, 0.05) is 16.7 Å². The molecule has 22 heavy (non-hydrogen) atoms. The molecule has 0 aliphatic carbocycles. The van der Waals surface area contributed by atoms with E-state index >= 15 is 0 Å². The number of ether oxygens (including phenoxy) is 1. The number of hydrogen-bond donors (Lipinski definition) is 4. The molecule has 1 aromatic heterocycles. The molecule has 1 saturated heterocycles. The third-order valence-corrected chi connectivity index (χ3v) is 3.53. The lowest BCUT2D eigenvalue weighted by molar-refractivity contribution is -0.0988. The highest BCUT2D eigenvalue weighted by molar-refractivity contribution is 5.08. The predicted octanol–water partition coefficient (Wildman–Crippen LogP) is -1.65. The first kappa shape index (κ1) is 16.2. The Hall–Kier alpha value is -2.17. The zero-order chi connectivity index (χ0) is 16.5. The first-order chi connectivity index (χ1) is 10.3. The summed E-state index contributed by atoms with van der Waals surface area (Å²) in [4.78, 5) is 28.1. The lowest BCUT2D eigenvalue weighted by atomic mass is 9.96. The molecule has 2 rings (SSSR count). The van der Waals surface area contributed by atoms with E-state index < -0.39 is 41.9 Å². The van der Waals surface area contributed by atoms with Crippen molar-refractivity contribution in [1.82, 2.24) is 9.55 Å². The second-order valence-corrected chi connectivity index (χ2v) is 5.09. The molecule has 0 saturated carbocycles. The van der Waals surface area contributed by atoms with Gasteiger partial charge in [-0.1, -0.05) is 5.11 Å². The van der Waals surface area contributed by atoms with Crippen LogP contribution in [-0.4, -0.2) is 49.3 Å². The second kappa shape index (κ2) is 5.91. The number of hydrogen-bond acceptors (Lipinski definition) is 7. The van der Waals surface area contributed by atoms with Crippen LogP contribution >= 0.6 is 0 Å². The molecular formula is C11H15N5O6. The van der Waals surface area contributed by atoms with E-state index in [0.29, 0.717) is 0 Å². The molecule has 2 heterocycles. The summed E-state index contributed by atoms with van der Waals surface area (Å²) in [5, 5.41) is 32.6. The van der Waals surface area contributed by atoms with Crippen molar-refractivity contribution in [3.05, 3.63) is 43.0 Å². The zero-order valence-electron chi connectivity index (χ0n) is 11.6. The number of azide groups is 1. The summed E-state index contributed by atoms with van der Waals surface area (Å²) in [6, 6.07) is 0. The van der Waals surface area contributed by atoms with Crippen LogP contribution in [0, 0.1) is 0 Å². The summed E-state index contributed by atoms with van der Waals surface area (Å²) >= 11 is 0. The molecule has 4 atom stereocenters. The molecule has 120 valence electrons. The van der Waals surface area contributed by atoms with Crippen LogP contribution in [0.4, 0.5) is 0 Å². The minimum Gasteiger partial charge on any atom is -0.394 e. The molecule has 1 aromatic rings. The molecule has 1 aliphatic heterocycles. The maximum Gasteiger partial charge on any atom is 0.330 e. The summed E-state index contributed by atoms with van der Waals surface area (Å²) < 4.78 is 6.17. The number of aliphatic hydroxyl groups is 3. The van der Waals surface area contributed by atoms with Crippen LogP contribution < -0.4 is 11.2 Å². The van der Waals surface area contributed by atoms with E-state index in [0.717, 1.165) is 10.8 Å². The molecule has 0 aromatic carbocycles. The van der Waals surface area contributed by atoms with E-state index in [2.05, 4.69) is 10.0 Å². The van der Waals surface area contributed by atoms with Gasteiger partial charge in [0.1, 0.15) is 17.8 Å². The Bertz CT molecular complexity index is 718. The Labute approximate surface area is 123 Å². The Morgan fingerprint density at radius 1 is 1.59 bits per heavy atom. The molecular weight excluding hydrogens is 298 g/mol. The number of nitrogens with one attached hydrogen (secondary N) is 1. The standard InChI is InChI=1S/C11H15N5O6/c1-11(21)7(18)6(4-17)22-9(11)16-3-5(2-13-15-12)8(19)14-10(16)20/h3,6-7,9,17-18,21H,2,4H2,1H3,(H,14,19,20)/t6-,7+,9-,11?/m1/s1. The summed E-state index contributed by atoms with van der Waals surface area (Å²) in [5.41, 5.74) is 4.80. The maximum absolute atomic E-state index is 11.9. The minimum atomic E-state index is -1.87. The number of aromatic nitrogens is 2. The van der Waals surface area contributed by atoms with Crippen LogP contribution in [0.5, 0.6) is 0 Å². The third kappa shape index (κ3) is 2.63. The molecule has 11 nitrogen and oxygen atoms in total. The molecule has 1 fully saturated rings. The number of nitrogens with zero attached hydrogens (tertiary/aromatic N) is 4. The fourth-order valence-corrected chi connectivity index (χ4v) is 2.31. The van der Waals surface area contributed by atoms with Gasteiger partial charge in [-0.15, -0.1) is 0 Å². The number of aliphatic hydroxyl groups excluding tert-OH is 2. The molecule has 1 aliphatic rings. The van der Waals surface area contributed by atoms with E-state index in [-0.39, 0.29) is 12.1 Å². The van der Waals surface area contributed by atoms with Crippen LogP contribution in [0.25, 0.3) is 10.4 Å². The van der Waals surface area contributed by atoms with Gasteiger partial charge in [-0.3, -0.25) is 14.3 Å². The van der Waals surface area contributed by atoms with E-state index in [1.165, 1.54) is 6.92 Å². The quantitative estimate of drug-likeness (QED) is 0.294. The highest BCUT2D eigenvalue weighted by Gasteiger charge is 2.53. The van der Waals surface area contributed by atoms with Gasteiger partial charge in [-0.2, -0.15) is 0 Å². The molecule has 0 spiro atoms. The van der Waals surface area contributed by atoms with Crippen molar-refractivity contribution in [3.8, 4) is 0 Å². The fraction of sp³-hybridized carbons (Fsp3) is 0.636. The fourth-order valence-electron chi connectivity index (χ4n) is 2.31. The van der Waals surface area contributed by atoms with Gasteiger partial charge in [0.15, 0.2) is 6.23 Å². The minimum absolute atomic E-state index is 0.0151. The van der Waals surface area contributed by atoms with Crippen molar-refractivity contribution in [3.63, 3.8) is 0 Å². The largest absolute Gasteiger partial charge is 0.394 e. The second-order valence-electron chi connectivity index (χ2n) is 5.09. The SMILES string of the molecule is CC1(O)[C@@H](O)[C@@H](CO)O[C@H]1n1cc(CN=[N+]=[N-])c(=O)[nH]c1=O. The highest BCUT2D eigenvalue weighted by atomic mass is 16.6. The Kier molecular flexibility index (Phi) is 4.35. The van der Waals surface area contributed by atoms with Crippen molar-refractivity contribution in [2.24, 2.45) is 5.11 Å². The van der Waals surface area contributed by atoms with Crippen molar-refractivity contribution in [2.45, 2.75) is 37.5 Å². The third-order valence-electron chi connectivity index (χ3n) is 3.53. The molecule has 4 N–H and O–H groups in total. The first-order valence-electron chi connectivity index (χ1n) is 6.35. The van der Waals surface area contributed by atoms with Gasteiger partial charge < -0.3 is 20.1 Å². The highest BCUT2D eigenvalue weighted by Crippen LogP contribution is 2.37. The molecule has 1 unspecified atom stereocenters. The monoisotopic (exact) mass is 313 g/mol. The van der Waals surface area contributed by atoms with Crippen LogP contribution in [0.1, 0.15) is 18.7 Å². The number of rotatable bonds is 4. The van der Waals surface area contributed by atoms with Crippen LogP contribution in [0.2, 0.25) is 0 Å². The normalized spacial score (nSPS) is 31.0. The average molecular weight is 313 g/mol. The average Bonchev–Trinajstić information content (AvgIpc) is 2.69. The number of H-pyrrole nitrogens is 1. The predicted molar refractivity (Wildman–Crippen MR) is 71.8 cm³/mol. The Morgan fingerprint density at radius 3 is 2.82 bits per heavy atom. The Morgan fingerprint density at radius 2 is 2.27 bits per heavy atom. The van der Waals surface area contributed by atoms with Crippen molar-refractivity contribution >= 4 is 0 Å². The Balaban J connectivity index is 2.50. The lowest BCUT2D eigenvalue weighted by Crippen LogP contribution is -2.47. The summed E-state index contributed by atoms with van der Waals surface area (Å²) in [5.74, 6) is 0. The first-order valence-corrected chi connectivity index (χ1v) is 6.35. The summed E-state index contributed by atoms with van der Waals surface area (Å²) in [6.45, 7) is 0.382. The molecule has 0 amide bonds. The van der Waals surface area contributed by atoms with Gasteiger partial charge in [0.25, 0.3) is 5.56 Å². The van der Waals surface area contributed by atoms with E-state index in [9.17, 15) is 19.8 Å². The van der Waals surface area contributed by atoms with Gasteiger partial charge in [-0.05, 0) is 12.5 Å². The van der Waals surface area contributed by atoms with E-state index in [1.807, 2.05) is 4.98 Å². The topological polar surface area (TPSA) is 174 Å². The maximum atomic E-state index is 11.9. The van der Waals surface area contributed by atoms with Gasteiger partial charge in [0.2, 0.25) is 0 Å². The summed E-state index contributed by atoms with van der Waals surface area (Å²) in [6.07, 6.45) is -2.75. The smallest absolute Gasteiger partial charge is 0.330 e. The summed E-state index contributed by atoms with van der Waals surface area (Å²) in [7, 11) is 0. The van der Waals surface area contributed by atoms with Gasteiger partial charge in [0.05, 0.1) is 13.2 Å².